The van der Waals surface area contributed by atoms with E-state index in [4.69, 9.17) is 14.2 Å². The van der Waals surface area contributed by atoms with Crippen LogP contribution in [0.15, 0.2) is 79.1 Å². The molecule has 0 radical (unpaired) electrons. The summed E-state index contributed by atoms with van der Waals surface area (Å²) in [6.07, 6.45) is 3.58. The number of ether oxygens (including phenoxy) is 3. The first-order chi connectivity index (χ1) is 16.9. The zero-order chi connectivity index (χ0) is 24.7. The summed E-state index contributed by atoms with van der Waals surface area (Å²) in [4.78, 5) is 24.1. The van der Waals surface area contributed by atoms with E-state index in [0.717, 1.165) is 33.9 Å². The molecule has 0 unspecified atom stereocenters. The predicted molar refractivity (Wildman–Crippen MR) is 133 cm³/mol. The number of esters is 1. The van der Waals surface area contributed by atoms with Crippen molar-refractivity contribution in [3.8, 4) is 28.4 Å². The number of pyridine rings is 1. The minimum atomic E-state index is -0.718. The molecule has 0 atom stereocenters. The second kappa shape index (κ2) is 11.0. The number of aromatic amines is 1. The normalized spacial score (nSPS) is 11.3. The minimum Gasteiger partial charge on any atom is -0.492 e. The topological polar surface area (TPSA) is 86.3 Å². The van der Waals surface area contributed by atoms with Gasteiger partial charge in [-0.15, -0.1) is 0 Å². The number of carbonyl (C=O) groups is 1. The fourth-order valence-corrected chi connectivity index (χ4v) is 3.46. The van der Waals surface area contributed by atoms with Gasteiger partial charge in [0.15, 0.2) is 0 Å². The van der Waals surface area contributed by atoms with Crippen molar-refractivity contribution in [1.29, 1.82) is 0 Å². The van der Waals surface area contributed by atoms with Crippen molar-refractivity contribution in [2.24, 2.45) is 5.41 Å². The number of methoxy groups -OCH3 is 1. The Hall–Kier alpha value is -3.97. The summed E-state index contributed by atoms with van der Waals surface area (Å²) in [6.45, 7) is 4.82. The van der Waals surface area contributed by atoms with Crippen molar-refractivity contribution in [3.05, 3.63) is 90.4 Å². The summed E-state index contributed by atoms with van der Waals surface area (Å²) in [6, 6.07) is 21.6. The van der Waals surface area contributed by atoms with Crippen LogP contribution in [-0.4, -0.2) is 34.6 Å². The number of nitrogens with one attached hydrogen (secondary N) is 1. The lowest BCUT2D eigenvalue weighted by atomic mass is 9.95. The predicted octanol–water partition coefficient (Wildman–Crippen LogP) is 5.43. The molecular weight excluding hydrogens is 442 g/mol. The third kappa shape index (κ3) is 6.33. The van der Waals surface area contributed by atoms with E-state index < -0.39 is 5.41 Å². The van der Waals surface area contributed by atoms with Crippen molar-refractivity contribution in [2.45, 2.75) is 27.1 Å². The van der Waals surface area contributed by atoms with Gasteiger partial charge in [0, 0.05) is 17.3 Å². The summed E-state index contributed by atoms with van der Waals surface area (Å²) >= 11 is 0. The van der Waals surface area contributed by atoms with Crippen LogP contribution in [0.3, 0.4) is 0 Å². The first kappa shape index (κ1) is 24.2. The van der Waals surface area contributed by atoms with E-state index in [2.05, 4.69) is 15.0 Å². The molecule has 7 nitrogen and oxygen atoms in total. The number of H-pyrrole nitrogens is 1. The number of aromatic nitrogens is 3. The van der Waals surface area contributed by atoms with Gasteiger partial charge in [-0.1, -0.05) is 30.3 Å². The quantitative estimate of drug-likeness (QED) is 0.310. The van der Waals surface area contributed by atoms with Gasteiger partial charge in [0.05, 0.1) is 43.3 Å². The summed E-state index contributed by atoms with van der Waals surface area (Å²) in [5.74, 6) is 1.13. The Morgan fingerprint density at radius 3 is 2.31 bits per heavy atom. The molecule has 4 aromatic rings. The lowest BCUT2D eigenvalue weighted by Crippen LogP contribution is -2.32. The maximum absolute atomic E-state index is 11.8. The molecule has 35 heavy (non-hydrogen) atoms. The Morgan fingerprint density at radius 1 is 0.886 bits per heavy atom. The molecule has 0 fully saturated rings. The van der Waals surface area contributed by atoms with E-state index >= 15 is 0 Å². The fourth-order valence-electron chi connectivity index (χ4n) is 3.46. The molecule has 2 heterocycles. The Balaban J connectivity index is 1.33. The molecule has 180 valence electrons. The molecule has 0 aliphatic carbocycles. The molecule has 0 saturated heterocycles. The van der Waals surface area contributed by atoms with E-state index in [1.54, 1.807) is 26.2 Å². The number of carbonyl (C=O) groups excluding carboxylic acids is 1. The highest BCUT2D eigenvalue weighted by Gasteiger charge is 2.29. The lowest BCUT2D eigenvalue weighted by molar-refractivity contribution is -0.152. The number of nitrogens with zero attached hydrogens (tertiary/aromatic N) is 2. The van der Waals surface area contributed by atoms with Crippen LogP contribution in [0, 0.1) is 5.41 Å². The molecule has 2 aromatic heterocycles. The number of imidazole rings is 1. The van der Waals surface area contributed by atoms with Crippen LogP contribution in [-0.2, 0) is 27.5 Å². The minimum absolute atomic E-state index is 0.231. The summed E-state index contributed by atoms with van der Waals surface area (Å²) < 4.78 is 16.4. The van der Waals surface area contributed by atoms with E-state index in [1.807, 2.05) is 66.7 Å². The molecule has 0 amide bonds. The second-order valence-corrected chi connectivity index (χ2v) is 8.86. The average molecular weight is 472 g/mol. The van der Waals surface area contributed by atoms with Crippen molar-refractivity contribution in [3.63, 3.8) is 0 Å². The molecule has 0 spiro atoms. The van der Waals surface area contributed by atoms with Gasteiger partial charge in [0.25, 0.3) is 0 Å². The molecule has 0 saturated carbocycles. The lowest BCUT2D eigenvalue weighted by Gasteiger charge is -2.21. The SMILES string of the molecule is COC(=O)C(C)(C)COc1ccc(-c2ccc(-c3ncc(COCc4ccccc4)[nH]3)cn2)cc1. The summed E-state index contributed by atoms with van der Waals surface area (Å²) in [5.41, 5.74) is 4.03. The Morgan fingerprint density at radius 2 is 1.63 bits per heavy atom. The van der Waals surface area contributed by atoms with Gasteiger partial charge in [0.1, 0.15) is 18.2 Å². The maximum Gasteiger partial charge on any atom is 0.314 e. The highest BCUT2D eigenvalue weighted by atomic mass is 16.5. The van der Waals surface area contributed by atoms with Crippen LogP contribution in [0.5, 0.6) is 5.75 Å². The average Bonchev–Trinajstić information content (AvgIpc) is 3.37. The largest absolute Gasteiger partial charge is 0.492 e. The molecule has 4 rings (SSSR count). The van der Waals surface area contributed by atoms with E-state index in [0.29, 0.717) is 19.0 Å². The molecular formula is C28H29N3O4. The van der Waals surface area contributed by atoms with Crippen molar-refractivity contribution in [2.75, 3.05) is 13.7 Å². The molecule has 0 aliphatic heterocycles. The van der Waals surface area contributed by atoms with Gasteiger partial charge in [0.2, 0.25) is 0 Å². The maximum atomic E-state index is 11.8. The molecule has 1 N–H and O–H groups in total. The third-order valence-electron chi connectivity index (χ3n) is 5.52. The molecule has 7 heteroatoms. The highest BCUT2D eigenvalue weighted by molar-refractivity contribution is 5.76. The van der Waals surface area contributed by atoms with Crippen LogP contribution in [0.2, 0.25) is 0 Å². The van der Waals surface area contributed by atoms with Crippen LogP contribution in [0.1, 0.15) is 25.1 Å². The van der Waals surface area contributed by atoms with Crippen LogP contribution in [0.25, 0.3) is 22.6 Å². The van der Waals surface area contributed by atoms with Gasteiger partial charge in [-0.3, -0.25) is 9.78 Å². The highest BCUT2D eigenvalue weighted by Crippen LogP contribution is 2.25. The summed E-state index contributed by atoms with van der Waals surface area (Å²) in [7, 11) is 1.38. The van der Waals surface area contributed by atoms with E-state index in [1.165, 1.54) is 7.11 Å². The van der Waals surface area contributed by atoms with Gasteiger partial charge < -0.3 is 19.2 Å². The van der Waals surface area contributed by atoms with Crippen LogP contribution >= 0.6 is 0 Å². The molecule has 2 aromatic carbocycles. The number of hydrogen-bond donors (Lipinski definition) is 1. The number of rotatable bonds is 10. The third-order valence-corrected chi connectivity index (χ3v) is 5.52. The Labute approximate surface area is 205 Å². The molecule has 0 aliphatic rings. The van der Waals surface area contributed by atoms with Crippen molar-refractivity contribution < 1.29 is 19.0 Å². The van der Waals surface area contributed by atoms with Gasteiger partial charge in [-0.05, 0) is 55.8 Å². The zero-order valence-electron chi connectivity index (χ0n) is 20.2. The Kier molecular flexibility index (Phi) is 7.57. The van der Waals surface area contributed by atoms with E-state index in [-0.39, 0.29) is 12.6 Å². The smallest absolute Gasteiger partial charge is 0.314 e. The van der Waals surface area contributed by atoms with Gasteiger partial charge in [-0.25, -0.2) is 4.98 Å². The van der Waals surface area contributed by atoms with E-state index in [9.17, 15) is 4.79 Å². The van der Waals surface area contributed by atoms with Crippen LogP contribution in [0.4, 0.5) is 0 Å². The van der Waals surface area contributed by atoms with Crippen molar-refractivity contribution in [1.82, 2.24) is 15.0 Å². The second-order valence-electron chi connectivity index (χ2n) is 8.86. The Bertz CT molecular complexity index is 1230. The zero-order valence-corrected chi connectivity index (χ0v) is 20.2. The first-order valence-corrected chi connectivity index (χ1v) is 11.4. The van der Waals surface area contributed by atoms with Crippen LogP contribution < -0.4 is 4.74 Å². The van der Waals surface area contributed by atoms with Gasteiger partial charge >= 0.3 is 5.97 Å². The first-order valence-electron chi connectivity index (χ1n) is 11.4. The number of benzene rings is 2. The van der Waals surface area contributed by atoms with Crippen molar-refractivity contribution >= 4 is 5.97 Å². The fraction of sp³-hybridized carbons (Fsp3) is 0.250. The molecule has 0 bridgehead atoms. The van der Waals surface area contributed by atoms with Gasteiger partial charge in [-0.2, -0.15) is 0 Å². The summed E-state index contributed by atoms with van der Waals surface area (Å²) in [5, 5.41) is 0. The monoisotopic (exact) mass is 471 g/mol. The standard InChI is InChI=1S/C28H29N3O4/c1-28(2,27(32)33-3)19-35-24-12-9-21(10-13-24)25-14-11-22(15-29-25)26-30-16-23(31-26)18-34-17-20-7-5-4-6-8-20/h4-16H,17-19H2,1-3H3,(H,30,31). The number of hydrogen-bond acceptors (Lipinski definition) is 6.